The molecule has 3 aromatic rings. The molecular formula is C20H18FN7O. The van der Waals surface area contributed by atoms with Crippen molar-refractivity contribution in [3.8, 4) is 17.6 Å². The summed E-state index contributed by atoms with van der Waals surface area (Å²) in [7, 11) is 0. The molecule has 1 atom stereocenters. The maximum Gasteiger partial charge on any atom is 0.179 e. The number of nitrogens with zero attached hydrogens (tertiary/aromatic N) is 7. The fraction of sp³-hybridized carbons (Fsp3) is 0.250. The summed E-state index contributed by atoms with van der Waals surface area (Å²) >= 11 is 0. The molecule has 0 amide bonds. The Labute approximate surface area is 166 Å². The lowest BCUT2D eigenvalue weighted by molar-refractivity contribution is 0.286. The molecule has 0 bridgehead atoms. The van der Waals surface area contributed by atoms with Crippen molar-refractivity contribution >= 4 is 5.57 Å². The van der Waals surface area contributed by atoms with Gasteiger partial charge in [0.1, 0.15) is 12.9 Å². The van der Waals surface area contributed by atoms with Crippen LogP contribution in [0.2, 0.25) is 0 Å². The van der Waals surface area contributed by atoms with Crippen LogP contribution in [0, 0.1) is 23.2 Å². The van der Waals surface area contributed by atoms with E-state index in [4.69, 9.17) is 10.00 Å². The second-order valence-electron chi connectivity index (χ2n) is 6.76. The maximum atomic E-state index is 14.3. The Balaban J connectivity index is 1.41. The highest BCUT2D eigenvalue weighted by Gasteiger charge is 2.19. The van der Waals surface area contributed by atoms with Crippen molar-refractivity contribution in [1.82, 2.24) is 30.1 Å². The molecule has 29 heavy (non-hydrogen) atoms. The first-order valence-corrected chi connectivity index (χ1v) is 9.10. The molecule has 4 rings (SSSR count). The van der Waals surface area contributed by atoms with Crippen LogP contribution in [0.25, 0.3) is 11.3 Å². The van der Waals surface area contributed by atoms with Crippen LogP contribution in [0.3, 0.4) is 0 Å². The van der Waals surface area contributed by atoms with E-state index in [0.717, 1.165) is 5.56 Å². The molecule has 1 unspecified atom stereocenters. The molecule has 2 aromatic heterocycles. The average Bonchev–Trinajstić information content (AvgIpc) is 3.28. The van der Waals surface area contributed by atoms with Crippen LogP contribution in [0.5, 0.6) is 5.75 Å². The number of rotatable bonds is 5. The zero-order chi connectivity index (χ0) is 20.2. The molecular weight excluding hydrogens is 373 g/mol. The first-order valence-electron chi connectivity index (χ1n) is 9.10. The number of ether oxygens (including phenoxy) is 1. The smallest absolute Gasteiger partial charge is 0.179 e. The minimum atomic E-state index is -0.502. The molecule has 0 N–H and O–H groups in total. The fourth-order valence-electron chi connectivity index (χ4n) is 3.26. The number of nitriles is 1. The molecule has 3 heterocycles. The molecule has 1 aromatic carbocycles. The topological polar surface area (TPSA) is 92.8 Å². The van der Waals surface area contributed by atoms with Gasteiger partial charge in [0.2, 0.25) is 0 Å². The van der Waals surface area contributed by atoms with Crippen LogP contribution in [0.4, 0.5) is 4.39 Å². The van der Waals surface area contributed by atoms with E-state index in [-0.39, 0.29) is 18.3 Å². The zero-order valence-electron chi connectivity index (χ0n) is 15.7. The Morgan fingerprint density at radius 2 is 2.21 bits per heavy atom. The standard InChI is InChI=1S/C20H18FN7O/c1-14-10-27(12-22)7-6-18(14)15-2-3-16(23-9-15)11-29-20-5-4-17(8-19(20)21)28-13-24-25-26-28/h2-6,8-9,13-14H,7,10-11H2,1H3. The predicted octanol–water partition coefficient (Wildman–Crippen LogP) is 2.59. The third-order valence-corrected chi connectivity index (χ3v) is 4.76. The van der Waals surface area contributed by atoms with Crippen LogP contribution in [0.15, 0.2) is 48.9 Å². The number of tetrazole rings is 1. The maximum absolute atomic E-state index is 14.3. The Bertz CT molecular complexity index is 1060. The van der Waals surface area contributed by atoms with Gasteiger partial charge >= 0.3 is 0 Å². The van der Waals surface area contributed by atoms with E-state index in [1.54, 1.807) is 17.2 Å². The monoisotopic (exact) mass is 391 g/mol. The molecule has 0 radical (unpaired) electrons. The number of halogens is 1. The van der Waals surface area contributed by atoms with Crippen LogP contribution >= 0.6 is 0 Å². The van der Waals surface area contributed by atoms with Gasteiger partial charge in [0, 0.05) is 25.4 Å². The van der Waals surface area contributed by atoms with Gasteiger partial charge in [0.25, 0.3) is 0 Å². The average molecular weight is 391 g/mol. The first kappa shape index (κ1) is 18.6. The zero-order valence-corrected chi connectivity index (χ0v) is 15.7. The van der Waals surface area contributed by atoms with Crippen molar-refractivity contribution in [3.05, 3.63) is 66.0 Å². The van der Waals surface area contributed by atoms with Gasteiger partial charge in [-0.3, -0.25) is 4.98 Å². The summed E-state index contributed by atoms with van der Waals surface area (Å²) in [5.74, 6) is -0.120. The van der Waals surface area contributed by atoms with E-state index in [1.165, 1.54) is 28.7 Å². The summed E-state index contributed by atoms with van der Waals surface area (Å²) < 4.78 is 21.2. The van der Waals surface area contributed by atoms with E-state index in [0.29, 0.717) is 24.5 Å². The molecule has 0 fully saturated rings. The molecule has 9 heteroatoms. The third-order valence-electron chi connectivity index (χ3n) is 4.76. The molecule has 8 nitrogen and oxygen atoms in total. The van der Waals surface area contributed by atoms with Crippen molar-refractivity contribution < 1.29 is 9.13 Å². The van der Waals surface area contributed by atoms with E-state index in [1.807, 2.05) is 12.1 Å². The van der Waals surface area contributed by atoms with Gasteiger partial charge in [-0.2, -0.15) is 5.26 Å². The van der Waals surface area contributed by atoms with E-state index >= 15 is 0 Å². The number of hydrogen-bond donors (Lipinski definition) is 0. The minimum Gasteiger partial charge on any atom is -0.484 e. The number of hydrogen-bond acceptors (Lipinski definition) is 7. The van der Waals surface area contributed by atoms with Crippen molar-refractivity contribution in [2.75, 3.05) is 13.1 Å². The van der Waals surface area contributed by atoms with Gasteiger partial charge in [0.15, 0.2) is 17.8 Å². The Morgan fingerprint density at radius 1 is 1.31 bits per heavy atom. The lowest BCUT2D eigenvalue weighted by Crippen LogP contribution is -2.29. The Morgan fingerprint density at radius 3 is 2.86 bits per heavy atom. The van der Waals surface area contributed by atoms with E-state index < -0.39 is 5.82 Å². The van der Waals surface area contributed by atoms with Crippen molar-refractivity contribution in [1.29, 1.82) is 5.26 Å². The van der Waals surface area contributed by atoms with Gasteiger partial charge in [-0.15, -0.1) is 5.10 Å². The highest BCUT2D eigenvalue weighted by atomic mass is 19.1. The van der Waals surface area contributed by atoms with Gasteiger partial charge in [-0.1, -0.05) is 19.1 Å². The summed E-state index contributed by atoms with van der Waals surface area (Å²) in [5, 5.41) is 19.8. The van der Waals surface area contributed by atoms with Crippen molar-refractivity contribution in [2.24, 2.45) is 5.92 Å². The molecule has 1 aliphatic heterocycles. The van der Waals surface area contributed by atoms with Crippen LogP contribution < -0.4 is 4.74 Å². The third kappa shape index (κ3) is 4.06. The van der Waals surface area contributed by atoms with Crippen LogP contribution in [-0.4, -0.2) is 43.2 Å². The summed E-state index contributed by atoms with van der Waals surface area (Å²) in [6.07, 6.45) is 7.42. The van der Waals surface area contributed by atoms with E-state index in [9.17, 15) is 4.39 Å². The highest BCUT2D eigenvalue weighted by Crippen LogP contribution is 2.27. The van der Waals surface area contributed by atoms with Crippen molar-refractivity contribution in [3.63, 3.8) is 0 Å². The van der Waals surface area contributed by atoms with Gasteiger partial charge in [0.05, 0.1) is 11.4 Å². The van der Waals surface area contributed by atoms with Gasteiger partial charge < -0.3 is 9.64 Å². The SMILES string of the molecule is CC1CN(C#N)CC=C1c1ccc(COc2ccc(-n3cnnn3)cc2F)nc1. The minimum absolute atomic E-state index is 0.132. The quantitative estimate of drug-likeness (QED) is 0.617. The molecule has 1 aliphatic rings. The molecule has 0 saturated carbocycles. The Hall–Kier alpha value is -3.80. The Kier molecular flexibility index (Phi) is 5.16. The largest absolute Gasteiger partial charge is 0.484 e. The second kappa shape index (κ2) is 8.06. The molecule has 0 spiro atoms. The van der Waals surface area contributed by atoms with Crippen LogP contribution in [-0.2, 0) is 6.61 Å². The summed E-state index contributed by atoms with van der Waals surface area (Å²) in [5.41, 5.74) is 3.41. The lowest BCUT2D eigenvalue weighted by Gasteiger charge is -2.27. The number of benzene rings is 1. The lowest BCUT2D eigenvalue weighted by atomic mass is 9.91. The van der Waals surface area contributed by atoms with Gasteiger partial charge in [-0.25, -0.2) is 9.07 Å². The summed E-state index contributed by atoms with van der Waals surface area (Å²) in [6.45, 7) is 3.56. The summed E-state index contributed by atoms with van der Waals surface area (Å²) in [4.78, 5) is 6.16. The van der Waals surface area contributed by atoms with Gasteiger partial charge in [-0.05, 0) is 45.7 Å². The number of aromatic nitrogens is 5. The predicted molar refractivity (Wildman–Crippen MR) is 102 cm³/mol. The van der Waals surface area contributed by atoms with Crippen molar-refractivity contribution in [2.45, 2.75) is 13.5 Å². The molecule has 0 aliphatic carbocycles. The normalized spacial score (nSPS) is 16.2. The second-order valence-corrected chi connectivity index (χ2v) is 6.76. The highest BCUT2D eigenvalue weighted by molar-refractivity contribution is 5.67. The summed E-state index contributed by atoms with van der Waals surface area (Å²) in [6, 6.07) is 8.37. The molecule has 0 saturated heterocycles. The van der Waals surface area contributed by atoms with E-state index in [2.05, 4.69) is 39.7 Å². The fourth-order valence-corrected chi connectivity index (χ4v) is 3.26. The first-order chi connectivity index (χ1) is 14.1. The van der Waals surface area contributed by atoms with Crippen LogP contribution in [0.1, 0.15) is 18.2 Å². The number of pyridine rings is 1. The molecule has 146 valence electrons.